The van der Waals surface area contributed by atoms with Crippen molar-refractivity contribution in [2.24, 2.45) is 0 Å². The van der Waals surface area contributed by atoms with Gasteiger partial charge >= 0.3 is 13.1 Å². The molecular formula is C19H29BO5. The van der Waals surface area contributed by atoms with Crippen LogP contribution in [0.1, 0.15) is 53.5 Å². The van der Waals surface area contributed by atoms with Gasteiger partial charge in [-0.15, -0.1) is 0 Å². The van der Waals surface area contributed by atoms with E-state index in [2.05, 4.69) is 0 Å². The molecule has 0 radical (unpaired) electrons. The first-order valence-electron chi connectivity index (χ1n) is 8.71. The van der Waals surface area contributed by atoms with E-state index in [4.69, 9.17) is 18.8 Å². The second kappa shape index (κ2) is 7.00. The highest BCUT2D eigenvalue weighted by molar-refractivity contribution is 6.50. The van der Waals surface area contributed by atoms with Gasteiger partial charge in [-0.1, -0.05) is 19.1 Å². The van der Waals surface area contributed by atoms with Gasteiger partial charge in [-0.3, -0.25) is 4.79 Å². The normalized spacial score (nSPS) is 20.8. The molecule has 1 aliphatic heterocycles. The predicted molar refractivity (Wildman–Crippen MR) is 97.7 cm³/mol. The van der Waals surface area contributed by atoms with Gasteiger partial charge in [0.1, 0.15) is 5.75 Å². The van der Waals surface area contributed by atoms with Gasteiger partial charge in [-0.05, 0) is 52.3 Å². The number of methoxy groups -OCH3 is 1. The summed E-state index contributed by atoms with van der Waals surface area (Å²) in [5.41, 5.74) is -0.0000208. The first kappa shape index (κ1) is 19.8. The summed E-state index contributed by atoms with van der Waals surface area (Å²) in [6, 6.07) is 7.65. The minimum atomic E-state index is -0.677. The van der Waals surface area contributed by atoms with Crippen LogP contribution in [0, 0.1) is 0 Å². The van der Waals surface area contributed by atoms with E-state index in [-0.39, 0.29) is 12.4 Å². The van der Waals surface area contributed by atoms with Crippen molar-refractivity contribution in [3.05, 3.63) is 29.8 Å². The fourth-order valence-electron chi connectivity index (χ4n) is 2.91. The molecule has 2 rings (SSSR count). The zero-order valence-electron chi connectivity index (χ0n) is 16.3. The number of carbonyl (C=O) groups excluding carboxylic acids is 1. The Labute approximate surface area is 151 Å². The third kappa shape index (κ3) is 3.85. The Bertz CT molecular complexity index is 595. The molecule has 0 bridgehead atoms. The van der Waals surface area contributed by atoms with Crippen molar-refractivity contribution in [1.82, 2.24) is 0 Å². The van der Waals surface area contributed by atoms with Crippen molar-refractivity contribution in [2.45, 2.75) is 64.5 Å². The standard InChI is InChI=1S/C19H29BO5/c1-8-23-16(21)13-19(6,14-9-11-15(22-7)12-10-14)20-24-17(2,3)18(4,5)25-20/h9-12H,8,13H2,1-7H3. The lowest BCUT2D eigenvalue weighted by Crippen LogP contribution is -2.45. The summed E-state index contributed by atoms with van der Waals surface area (Å²) in [6.45, 7) is 12.2. The molecule has 6 heteroatoms. The molecule has 0 saturated carbocycles. The van der Waals surface area contributed by atoms with E-state index < -0.39 is 23.6 Å². The van der Waals surface area contributed by atoms with Crippen LogP contribution in [0.3, 0.4) is 0 Å². The van der Waals surface area contributed by atoms with Gasteiger partial charge in [0.15, 0.2) is 0 Å². The third-order valence-electron chi connectivity index (χ3n) is 5.34. The molecule has 1 saturated heterocycles. The molecule has 1 unspecified atom stereocenters. The van der Waals surface area contributed by atoms with Crippen LogP contribution in [0.4, 0.5) is 0 Å². The largest absolute Gasteiger partial charge is 0.497 e. The summed E-state index contributed by atoms with van der Waals surface area (Å²) in [5.74, 6) is 0.492. The average Bonchev–Trinajstić information content (AvgIpc) is 2.76. The van der Waals surface area contributed by atoms with Gasteiger partial charge in [0.05, 0.1) is 31.3 Å². The van der Waals surface area contributed by atoms with Crippen molar-refractivity contribution in [3.63, 3.8) is 0 Å². The molecular weight excluding hydrogens is 319 g/mol. The molecule has 5 nitrogen and oxygen atoms in total. The molecule has 0 aliphatic carbocycles. The van der Waals surface area contributed by atoms with Crippen LogP contribution < -0.4 is 4.74 Å². The average molecular weight is 348 g/mol. The lowest BCUT2D eigenvalue weighted by atomic mass is 9.53. The highest BCUT2D eigenvalue weighted by Gasteiger charge is 2.59. The Morgan fingerprint density at radius 2 is 1.64 bits per heavy atom. The molecule has 1 atom stereocenters. The lowest BCUT2D eigenvalue weighted by Gasteiger charge is -2.32. The Morgan fingerprint density at radius 3 is 2.08 bits per heavy atom. The molecule has 1 aliphatic rings. The second-order valence-electron chi connectivity index (χ2n) is 7.72. The fraction of sp³-hybridized carbons (Fsp3) is 0.632. The Balaban J connectivity index is 2.40. The van der Waals surface area contributed by atoms with E-state index in [1.807, 2.05) is 58.9 Å². The van der Waals surface area contributed by atoms with Crippen LogP contribution in [0.2, 0.25) is 0 Å². The van der Waals surface area contributed by atoms with Gasteiger partial charge in [-0.25, -0.2) is 0 Å². The van der Waals surface area contributed by atoms with Gasteiger partial charge in [0.2, 0.25) is 0 Å². The summed E-state index contributed by atoms with van der Waals surface area (Å²) < 4.78 is 22.9. The minimum Gasteiger partial charge on any atom is -0.497 e. The fourth-order valence-corrected chi connectivity index (χ4v) is 2.91. The lowest BCUT2D eigenvalue weighted by molar-refractivity contribution is -0.144. The quantitative estimate of drug-likeness (QED) is 0.581. The molecule has 0 spiro atoms. The number of hydrogen-bond donors (Lipinski definition) is 0. The number of rotatable bonds is 6. The first-order valence-corrected chi connectivity index (χ1v) is 8.71. The molecule has 1 aromatic rings. The first-order chi connectivity index (χ1) is 11.6. The summed E-state index contributed by atoms with van der Waals surface area (Å²) in [4.78, 5) is 12.3. The molecule has 1 fully saturated rings. The number of carbonyl (C=O) groups is 1. The number of ether oxygens (including phenoxy) is 2. The van der Waals surface area contributed by atoms with Crippen molar-refractivity contribution in [2.75, 3.05) is 13.7 Å². The molecule has 1 aromatic carbocycles. The van der Waals surface area contributed by atoms with Gasteiger partial charge < -0.3 is 18.8 Å². The van der Waals surface area contributed by atoms with E-state index in [1.54, 1.807) is 14.0 Å². The number of benzene rings is 1. The number of esters is 1. The maximum atomic E-state index is 12.3. The second-order valence-corrected chi connectivity index (χ2v) is 7.72. The highest BCUT2D eigenvalue weighted by Crippen LogP contribution is 2.44. The SMILES string of the molecule is CCOC(=O)CC(C)(B1OC(C)(C)C(C)(C)O1)c1ccc(OC)cc1. The van der Waals surface area contributed by atoms with Crippen LogP contribution in [-0.4, -0.2) is 38.0 Å². The van der Waals surface area contributed by atoms with Crippen molar-refractivity contribution in [1.29, 1.82) is 0 Å². The van der Waals surface area contributed by atoms with Crippen LogP contribution in [0.25, 0.3) is 0 Å². The number of hydrogen-bond acceptors (Lipinski definition) is 5. The van der Waals surface area contributed by atoms with Crippen molar-refractivity contribution >= 4 is 13.1 Å². The van der Waals surface area contributed by atoms with Gasteiger partial charge in [0.25, 0.3) is 0 Å². The Hall–Kier alpha value is -1.53. The van der Waals surface area contributed by atoms with Crippen LogP contribution in [0.5, 0.6) is 5.75 Å². The van der Waals surface area contributed by atoms with E-state index in [0.29, 0.717) is 6.61 Å². The zero-order valence-corrected chi connectivity index (χ0v) is 16.3. The maximum Gasteiger partial charge on any atom is 0.469 e. The summed E-state index contributed by atoms with van der Waals surface area (Å²) in [7, 11) is 1.07. The van der Waals surface area contributed by atoms with E-state index >= 15 is 0 Å². The summed E-state index contributed by atoms with van der Waals surface area (Å²) in [6.07, 6.45) is 0.171. The third-order valence-corrected chi connectivity index (χ3v) is 5.34. The molecule has 0 aromatic heterocycles. The summed E-state index contributed by atoms with van der Waals surface area (Å²) in [5, 5.41) is -0.677. The summed E-state index contributed by atoms with van der Waals surface area (Å²) >= 11 is 0. The van der Waals surface area contributed by atoms with Crippen molar-refractivity contribution in [3.8, 4) is 5.75 Å². The molecule has 1 heterocycles. The minimum absolute atomic E-state index is 0.171. The molecule has 25 heavy (non-hydrogen) atoms. The van der Waals surface area contributed by atoms with E-state index in [9.17, 15) is 4.79 Å². The van der Waals surface area contributed by atoms with Crippen LogP contribution in [0.15, 0.2) is 24.3 Å². The highest BCUT2D eigenvalue weighted by atomic mass is 16.7. The van der Waals surface area contributed by atoms with Crippen LogP contribution >= 0.6 is 0 Å². The van der Waals surface area contributed by atoms with Gasteiger partial charge in [0, 0.05) is 5.31 Å². The smallest absolute Gasteiger partial charge is 0.469 e. The van der Waals surface area contributed by atoms with E-state index in [1.165, 1.54) is 0 Å². The van der Waals surface area contributed by atoms with Crippen molar-refractivity contribution < 1.29 is 23.6 Å². The monoisotopic (exact) mass is 348 g/mol. The Kier molecular flexibility index (Phi) is 5.54. The molecule has 0 amide bonds. The maximum absolute atomic E-state index is 12.3. The topological polar surface area (TPSA) is 54.0 Å². The van der Waals surface area contributed by atoms with E-state index in [0.717, 1.165) is 11.3 Å². The predicted octanol–water partition coefficient (Wildman–Crippen LogP) is 3.54. The van der Waals surface area contributed by atoms with Gasteiger partial charge in [-0.2, -0.15) is 0 Å². The van der Waals surface area contributed by atoms with Crippen LogP contribution in [-0.2, 0) is 24.2 Å². The molecule has 0 N–H and O–H groups in total. The zero-order chi connectivity index (χ0) is 18.9. The molecule has 138 valence electrons. The Morgan fingerprint density at radius 1 is 1.12 bits per heavy atom.